The minimum atomic E-state index is -0.779. The lowest BCUT2D eigenvalue weighted by atomic mass is 10.2. The molecule has 0 atom stereocenters. The first kappa shape index (κ1) is 17.7. The third kappa shape index (κ3) is 3.21. The number of imidazole rings is 1. The van der Waals surface area contributed by atoms with Gasteiger partial charge in [0.05, 0.1) is 11.4 Å². The van der Waals surface area contributed by atoms with Gasteiger partial charge < -0.3 is 5.73 Å². The van der Waals surface area contributed by atoms with Gasteiger partial charge in [-0.3, -0.25) is 23.7 Å². The largest absolute Gasteiger partial charge is 0.384 e. The first-order valence-corrected chi connectivity index (χ1v) is 8.73. The third-order valence-corrected chi connectivity index (χ3v) is 4.93. The molecule has 2 heterocycles. The monoisotopic (exact) mass is 371 g/mol. The lowest BCUT2D eigenvalue weighted by Crippen LogP contribution is -2.35. The number of benzene rings is 1. The van der Waals surface area contributed by atoms with E-state index in [2.05, 4.69) is 9.97 Å². The van der Waals surface area contributed by atoms with Gasteiger partial charge in [-0.1, -0.05) is 30.0 Å². The maximum Gasteiger partial charge on any atom is 0.329 e. The molecule has 9 heteroatoms. The number of aromatic nitrogens is 4. The smallest absolute Gasteiger partial charge is 0.329 e. The molecule has 0 aliphatic heterocycles. The van der Waals surface area contributed by atoms with Gasteiger partial charge >= 0.3 is 5.69 Å². The maximum absolute atomic E-state index is 12.5. The number of aryl methyl sites for hydroxylation is 1. The van der Waals surface area contributed by atoms with Gasteiger partial charge in [0.1, 0.15) is 11.4 Å². The lowest BCUT2D eigenvalue weighted by molar-refractivity contribution is 0.102. The van der Waals surface area contributed by atoms with Gasteiger partial charge in [0.15, 0.2) is 10.9 Å². The van der Waals surface area contributed by atoms with Crippen molar-refractivity contribution in [2.45, 2.75) is 12.1 Å². The number of nitrogens with zero attached hydrogens (tertiary/aromatic N) is 3. The average molecular weight is 371 g/mol. The molecule has 2 aromatic heterocycles. The number of hydrogen-bond donors (Lipinski definition) is 2. The number of para-hydroxylation sites is 1. The van der Waals surface area contributed by atoms with Gasteiger partial charge in [0.2, 0.25) is 0 Å². The molecule has 0 saturated carbocycles. The summed E-state index contributed by atoms with van der Waals surface area (Å²) < 4.78 is 2.91. The predicted octanol–water partition coefficient (Wildman–Crippen LogP) is 1.12. The second kappa shape index (κ2) is 7.04. The molecule has 0 saturated heterocycles. The van der Waals surface area contributed by atoms with E-state index < -0.39 is 17.0 Å². The number of aromatic amines is 1. The number of nitrogens with two attached hydrogens (primary N) is 1. The van der Waals surface area contributed by atoms with Gasteiger partial charge in [-0.2, -0.15) is 0 Å². The molecule has 8 nitrogen and oxygen atoms in total. The molecule has 0 amide bonds. The van der Waals surface area contributed by atoms with Crippen molar-refractivity contribution >= 4 is 23.4 Å². The molecule has 3 rings (SSSR count). The number of carbonyl (C=O) groups is 1. The highest BCUT2D eigenvalue weighted by atomic mass is 32.2. The highest BCUT2D eigenvalue weighted by Crippen LogP contribution is 2.23. The molecule has 3 aromatic rings. The van der Waals surface area contributed by atoms with E-state index >= 15 is 0 Å². The van der Waals surface area contributed by atoms with Gasteiger partial charge in [-0.15, -0.1) is 0 Å². The van der Waals surface area contributed by atoms with Crippen molar-refractivity contribution < 1.29 is 4.79 Å². The van der Waals surface area contributed by atoms with Gasteiger partial charge in [-0.05, 0) is 18.6 Å². The molecule has 0 spiro atoms. The number of H-pyrrole nitrogens is 1. The summed E-state index contributed by atoms with van der Waals surface area (Å²) in [5.41, 5.74) is 6.14. The number of hydrogen-bond acceptors (Lipinski definition) is 6. The Bertz CT molecular complexity index is 1100. The molecule has 3 N–H and O–H groups in total. The average Bonchev–Trinajstić information content (AvgIpc) is 3.06. The van der Waals surface area contributed by atoms with E-state index in [-0.39, 0.29) is 17.1 Å². The summed E-state index contributed by atoms with van der Waals surface area (Å²) >= 11 is 1.19. The summed E-state index contributed by atoms with van der Waals surface area (Å²) in [5, 5.41) is 0.618. The summed E-state index contributed by atoms with van der Waals surface area (Å²) in [7, 11) is 1.39. The number of anilines is 1. The van der Waals surface area contributed by atoms with Crippen molar-refractivity contribution in [1.82, 2.24) is 19.1 Å². The van der Waals surface area contributed by atoms with Crippen molar-refractivity contribution in [3.05, 3.63) is 68.6 Å². The van der Waals surface area contributed by atoms with Crippen LogP contribution in [0.4, 0.5) is 5.82 Å². The van der Waals surface area contributed by atoms with Crippen molar-refractivity contribution in [1.29, 1.82) is 0 Å². The molecule has 26 heavy (non-hydrogen) atoms. The molecule has 0 aliphatic carbocycles. The Labute approximate surface area is 152 Å². The fourth-order valence-electron chi connectivity index (χ4n) is 2.52. The molecule has 134 valence electrons. The first-order valence-electron chi connectivity index (χ1n) is 7.74. The molecule has 0 unspecified atom stereocenters. The Kier molecular flexibility index (Phi) is 4.81. The quantitative estimate of drug-likeness (QED) is 0.513. The number of nitrogens with one attached hydrogen (secondary N) is 1. The fourth-order valence-corrected chi connectivity index (χ4v) is 3.36. The fraction of sp³-hybridized carbons (Fsp3) is 0.176. The summed E-state index contributed by atoms with van der Waals surface area (Å²) in [6.45, 7) is 1.99. The zero-order valence-corrected chi connectivity index (χ0v) is 15.0. The standard InChI is InChI=1S/C17H17N5O3S/c1-10-5-3-4-6-11(10)22-8-7-19-17(22)26-9-12(23)13-14(18)21(2)16(25)20-15(13)24/h3-8H,9,18H2,1-2H3,(H,20,24,25). The lowest BCUT2D eigenvalue weighted by Gasteiger charge is -2.10. The first-order chi connectivity index (χ1) is 12.4. The maximum atomic E-state index is 12.5. The highest BCUT2D eigenvalue weighted by molar-refractivity contribution is 7.99. The van der Waals surface area contributed by atoms with Crippen LogP contribution in [0.25, 0.3) is 5.69 Å². The van der Waals surface area contributed by atoms with Crippen LogP contribution in [0.2, 0.25) is 0 Å². The van der Waals surface area contributed by atoms with E-state index in [1.165, 1.54) is 18.8 Å². The van der Waals surface area contributed by atoms with Crippen molar-refractivity contribution in [2.24, 2.45) is 7.05 Å². The second-order valence-corrected chi connectivity index (χ2v) is 6.60. The van der Waals surface area contributed by atoms with Crippen molar-refractivity contribution in [3.8, 4) is 5.69 Å². The van der Waals surface area contributed by atoms with Crippen LogP contribution in [0.1, 0.15) is 15.9 Å². The molecule has 0 fully saturated rings. The summed E-state index contributed by atoms with van der Waals surface area (Å²) in [5.74, 6) is -0.649. The van der Waals surface area contributed by atoms with Crippen LogP contribution in [0, 0.1) is 6.92 Å². The van der Waals surface area contributed by atoms with E-state index in [1.807, 2.05) is 42.0 Å². The number of ketones is 1. The van der Waals surface area contributed by atoms with Gasteiger partial charge in [0.25, 0.3) is 5.56 Å². The van der Waals surface area contributed by atoms with Crippen LogP contribution < -0.4 is 17.0 Å². The van der Waals surface area contributed by atoms with Gasteiger partial charge in [0, 0.05) is 19.4 Å². The van der Waals surface area contributed by atoms with E-state index in [0.717, 1.165) is 15.8 Å². The minimum Gasteiger partial charge on any atom is -0.384 e. The topological polar surface area (TPSA) is 116 Å². The Balaban J connectivity index is 1.86. The predicted molar refractivity (Wildman–Crippen MR) is 100 cm³/mol. The summed E-state index contributed by atoms with van der Waals surface area (Å²) in [4.78, 5) is 42.3. The highest BCUT2D eigenvalue weighted by Gasteiger charge is 2.19. The van der Waals surface area contributed by atoms with E-state index in [0.29, 0.717) is 5.16 Å². The van der Waals surface area contributed by atoms with E-state index in [4.69, 9.17) is 5.73 Å². The van der Waals surface area contributed by atoms with E-state index in [1.54, 1.807) is 6.20 Å². The number of thioether (sulfide) groups is 1. The van der Waals surface area contributed by atoms with Crippen LogP contribution >= 0.6 is 11.8 Å². The number of carbonyl (C=O) groups excluding carboxylic acids is 1. The Hall–Kier alpha value is -3.07. The Morgan fingerprint density at radius 3 is 2.77 bits per heavy atom. The number of nitrogen functional groups attached to an aromatic ring is 1. The van der Waals surface area contributed by atoms with Crippen LogP contribution in [0.5, 0.6) is 0 Å². The minimum absolute atomic E-state index is 0.0334. The van der Waals surface area contributed by atoms with Crippen LogP contribution in [-0.2, 0) is 7.05 Å². The van der Waals surface area contributed by atoms with E-state index in [9.17, 15) is 14.4 Å². The third-order valence-electron chi connectivity index (χ3n) is 3.96. The molecule has 0 radical (unpaired) electrons. The summed E-state index contributed by atoms with van der Waals surface area (Å²) in [6, 6.07) is 7.81. The summed E-state index contributed by atoms with van der Waals surface area (Å²) in [6.07, 6.45) is 3.45. The SMILES string of the molecule is Cc1ccccc1-n1ccnc1SCC(=O)c1c(N)n(C)c(=O)[nH]c1=O. The van der Waals surface area contributed by atoms with Crippen molar-refractivity contribution in [2.75, 3.05) is 11.5 Å². The Morgan fingerprint density at radius 2 is 2.04 bits per heavy atom. The molecular weight excluding hydrogens is 354 g/mol. The normalized spacial score (nSPS) is 10.8. The van der Waals surface area contributed by atoms with Crippen LogP contribution in [0.3, 0.4) is 0 Å². The zero-order valence-electron chi connectivity index (χ0n) is 14.2. The van der Waals surface area contributed by atoms with Crippen LogP contribution in [-0.4, -0.2) is 30.6 Å². The second-order valence-electron chi connectivity index (χ2n) is 5.66. The number of Topliss-reactive ketones (excluding diaryl/α,β-unsaturated/α-hetero) is 1. The molecular formula is C17H17N5O3S. The van der Waals surface area contributed by atoms with Crippen molar-refractivity contribution in [3.63, 3.8) is 0 Å². The molecule has 1 aromatic carbocycles. The Morgan fingerprint density at radius 1 is 1.31 bits per heavy atom. The van der Waals surface area contributed by atoms with Gasteiger partial charge in [-0.25, -0.2) is 9.78 Å². The molecule has 0 aliphatic rings. The van der Waals surface area contributed by atoms with Crippen LogP contribution in [0.15, 0.2) is 51.4 Å². The molecule has 0 bridgehead atoms. The zero-order chi connectivity index (χ0) is 18.8. The number of rotatable bonds is 5.